The molecule has 166 valence electrons. The lowest BCUT2D eigenvalue weighted by Crippen LogP contribution is -2.09. The van der Waals surface area contributed by atoms with Crippen molar-refractivity contribution >= 4 is 33.7 Å². The second-order valence-corrected chi connectivity index (χ2v) is 10.5. The van der Waals surface area contributed by atoms with E-state index in [1.54, 1.807) is 0 Å². The van der Waals surface area contributed by atoms with Crippen LogP contribution in [0.25, 0.3) is 28.2 Å². The molecular weight excluding hydrogens is 418 g/mol. The first-order valence-electron chi connectivity index (χ1n) is 11.5. The summed E-state index contributed by atoms with van der Waals surface area (Å²) in [7, 11) is 0.372. The van der Waals surface area contributed by atoms with Crippen molar-refractivity contribution in [3.05, 3.63) is 64.1 Å². The largest absolute Gasteiger partial charge is 0.465 e. The number of nitrogens with zero attached hydrogens (tertiary/aromatic N) is 1. The van der Waals surface area contributed by atoms with Crippen LogP contribution < -0.4 is 0 Å². The van der Waals surface area contributed by atoms with Crippen molar-refractivity contribution in [1.82, 2.24) is 4.57 Å². The van der Waals surface area contributed by atoms with Gasteiger partial charge in [0, 0.05) is 27.1 Å². The van der Waals surface area contributed by atoms with E-state index < -0.39 is 10.8 Å². The first-order chi connectivity index (χ1) is 15.6. The van der Waals surface area contributed by atoms with Crippen LogP contribution in [0.15, 0.2) is 47.4 Å². The molecule has 4 nitrogen and oxygen atoms in total. The van der Waals surface area contributed by atoms with Crippen LogP contribution in [0.4, 0.5) is 0 Å². The van der Waals surface area contributed by atoms with E-state index in [4.69, 9.17) is 4.74 Å². The molecule has 1 unspecified atom stereocenters. The third-order valence-corrected chi connectivity index (χ3v) is 8.30. The van der Waals surface area contributed by atoms with Gasteiger partial charge >= 0.3 is 5.97 Å². The maximum absolute atomic E-state index is 13.0. The number of carbonyl (C=O) groups is 1. The molecule has 1 aromatic heterocycles. The zero-order valence-electron chi connectivity index (χ0n) is 18.7. The van der Waals surface area contributed by atoms with Crippen LogP contribution in [0.2, 0.25) is 0 Å². The van der Waals surface area contributed by atoms with E-state index in [2.05, 4.69) is 41.0 Å². The standard InChI is InChI=1S/C27H29NO3S/c1-3-32(30)21-15-19-11-7-8-12-22(19)26-25(18-9-5-4-6-10-18)23-14-13-20(27(29)31-2)16-24(23)28(26)17-21/h7-8,11-16,18H,3-6,9-10,17H2,1-2H3. The van der Waals surface area contributed by atoms with Crippen molar-refractivity contribution in [3.8, 4) is 11.3 Å². The zero-order valence-corrected chi connectivity index (χ0v) is 19.5. The minimum absolute atomic E-state index is 0.330. The summed E-state index contributed by atoms with van der Waals surface area (Å²) < 4.78 is 20.3. The molecule has 1 fully saturated rings. The van der Waals surface area contributed by atoms with E-state index in [0.29, 0.717) is 23.8 Å². The summed E-state index contributed by atoms with van der Waals surface area (Å²) in [6.45, 7) is 2.53. The maximum atomic E-state index is 13.0. The monoisotopic (exact) mass is 447 g/mol. The first kappa shape index (κ1) is 21.2. The van der Waals surface area contributed by atoms with Gasteiger partial charge in [-0.25, -0.2) is 4.79 Å². The molecule has 0 saturated heterocycles. The van der Waals surface area contributed by atoms with Crippen LogP contribution in [-0.2, 0) is 22.1 Å². The van der Waals surface area contributed by atoms with E-state index >= 15 is 0 Å². The number of hydrogen-bond donors (Lipinski definition) is 0. The van der Waals surface area contributed by atoms with Gasteiger partial charge in [0.2, 0.25) is 0 Å². The molecule has 1 saturated carbocycles. The molecule has 1 atom stereocenters. The van der Waals surface area contributed by atoms with Crippen molar-refractivity contribution in [3.63, 3.8) is 0 Å². The third kappa shape index (κ3) is 3.53. The summed E-state index contributed by atoms with van der Waals surface area (Å²) in [4.78, 5) is 13.3. The lowest BCUT2D eigenvalue weighted by molar-refractivity contribution is 0.0601. The Labute approximate surface area is 191 Å². The predicted molar refractivity (Wildman–Crippen MR) is 131 cm³/mol. The smallest absolute Gasteiger partial charge is 0.337 e. The zero-order chi connectivity index (χ0) is 22.2. The molecule has 5 heteroatoms. The van der Waals surface area contributed by atoms with Crippen LogP contribution in [0.1, 0.15) is 66.4 Å². The number of rotatable bonds is 4. The molecule has 0 spiro atoms. The number of allylic oxidation sites excluding steroid dienone is 1. The van der Waals surface area contributed by atoms with E-state index in [-0.39, 0.29) is 5.97 Å². The molecule has 0 N–H and O–H groups in total. The molecule has 2 aliphatic rings. The van der Waals surface area contributed by atoms with Crippen LogP contribution >= 0.6 is 0 Å². The van der Waals surface area contributed by atoms with Crippen LogP contribution in [0.5, 0.6) is 0 Å². The Morgan fingerprint density at radius 2 is 1.91 bits per heavy atom. The Morgan fingerprint density at radius 3 is 2.66 bits per heavy atom. The SMILES string of the molecule is CCS(=O)C1=Cc2ccccc2-c2c(C3CCCCC3)c3ccc(C(=O)OC)cc3n2C1. The van der Waals surface area contributed by atoms with Gasteiger partial charge in [0.15, 0.2) is 0 Å². The topological polar surface area (TPSA) is 48.3 Å². The van der Waals surface area contributed by atoms with Crippen LogP contribution in [0.3, 0.4) is 0 Å². The molecule has 0 radical (unpaired) electrons. The molecular formula is C27H29NO3S. The summed E-state index contributed by atoms with van der Waals surface area (Å²) in [6.07, 6.45) is 8.30. The molecule has 32 heavy (non-hydrogen) atoms. The number of methoxy groups -OCH3 is 1. The molecule has 2 heterocycles. The Kier molecular flexibility index (Phi) is 5.76. The summed E-state index contributed by atoms with van der Waals surface area (Å²) >= 11 is 0. The normalized spacial score (nSPS) is 17.2. The minimum Gasteiger partial charge on any atom is -0.465 e. The number of fused-ring (bicyclic) bond motifs is 5. The van der Waals surface area contributed by atoms with E-state index in [9.17, 15) is 9.00 Å². The number of ether oxygens (including phenoxy) is 1. The van der Waals surface area contributed by atoms with Gasteiger partial charge in [0.1, 0.15) is 0 Å². The number of hydrogen-bond acceptors (Lipinski definition) is 3. The summed E-state index contributed by atoms with van der Waals surface area (Å²) in [5.74, 6) is 0.757. The van der Waals surface area contributed by atoms with Crippen LogP contribution in [-0.4, -0.2) is 27.6 Å². The average molecular weight is 448 g/mol. The highest BCUT2D eigenvalue weighted by Crippen LogP contribution is 2.46. The molecule has 0 bridgehead atoms. The number of carbonyl (C=O) groups excluding carboxylic acids is 1. The summed E-state index contributed by atoms with van der Waals surface area (Å²) in [5.41, 5.74) is 6.50. The van der Waals surface area contributed by atoms with E-state index in [0.717, 1.165) is 16.0 Å². The van der Waals surface area contributed by atoms with Gasteiger partial charge in [-0.2, -0.15) is 0 Å². The highest BCUT2D eigenvalue weighted by molar-refractivity contribution is 7.89. The molecule has 3 aromatic rings. The van der Waals surface area contributed by atoms with Gasteiger partial charge in [-0.05, 0) is 48.1 Å². The van der Waals surface area contributed by atoms with Crippen LogP contribution in [0, 0.1) is 0 Å². The molecule has 5 rings (SSSR count). The lowest BCUT2D eigenvalue weighted by Gasteiger charge is -2.24. The Hall–Kier alpha value is -2.66. The highest BCUT2D eigenvalue weighted by Gasteiger charge is 2.29. The maximum Gasteiger partial charge on any atom is 0.337 e. The van der Waals surface area contributed by atoms with Gasteiger partial charge in [0.25, 0.3) is 0 Å². The highest BCUT2D eigenvalue weighted by atomic mass is 32.2. The van der Waals surface area contributed by atoms with Gasteiger partial charge in [-0.15, -0.1) is 0 Å². The second-order valence-electron chi connectivity index (χ2n) is 8.74. The number of esters is 1. The van der Waals surface area contributed by atoms with E-state index in [1.807, 2.05) is 19.1 Å². The molecule has 1 aliphatic heterocycles. The summed E-state index contributed by atoms with van der Waals surface area (Å²) in [6, 6.07) is 14.4. The first-order valence-corrected chi connectivity index (χ1v) is 12.9. The molecule has 0 amide bonds. The Morgan fingerprint density at radius 1 is 1.12 bits per heavy atom. The number of benzene rings is 2. The van der Waals surface area contributed by atoms with Crippen molar-refractivity contribution in [2.45, 2.75) is 51.5 Å². The van der Waals surface area contributed by atoms with Crippen molar-refractivity contribution in [2.75, 3.05) is 12.9 Å². The Balaban J connectivity index is 1.84. The van der Waals surface area contributed by atoms with Gasteiger partial charge in [0.05, 0.1) is 35.7 Å². The van der Waals surface area contributed by atoms with Crippen molar-refractivity contribution in [1.29, 1.82) is 0 Å². The lowest BCUT2D eigenvalue weighted by atomic mass is 9.81. The molecule has 1 aliphatic carbocycles. The van der Waals surface area contributed by atoms with Crippen molar-refractivity contribution in [2.24, 2.45) is 0 Å². The fraction of sp³-hybridized carbons (Fsp3) is 0.370. The fourth-order valence-electron chi connectivity index (χ4n) is 5.42. The fourth-order valence-corrected chi connectivity index (χ4v) is 6.32. The quantitative estimate of drug-likeness (QED) is 0.443. The number of aromatic nitrogens is 1. The second kappa shape index (κ2) is 8.70. The summed E-state index contributed by atoms with van der Waals surface area (Å²) in [5, 5.41) is 1.21. The van der Waals surface area contributed by atoms with Gasteiger partial charge < -0.3 is 9.30 Å². The predicted octanol–water partition coefficient (Wildman–Crippen LogP) is 6.27. The third-order valence-electron chi connectivity index (χ3n) is 6.94. The van der Waals surface area contributed by atoms with Gasteiger partial charge in [-0.1, -0.05) is 56.5 Å². The average Bonchev–Trinajstić information content (AvgIpc) is 3.05. The Bertz CT molecular complexity index is 1250. The molecule has 2 aromatic carbocycles. The van der Waals surface area contributed by atoms with Gasteiger partial charge in [-0.3, -0.25) is 4.21 Å². The minimum atomic E-state index is -1.04. The van der Waals surface area contributed by atoms with Crippen molar-refractivity contribution < 1.29 is 13.7 Å². The van der Waals surface area contributed by atoms with E-state index in [1.165, 1.54) is 61.4 Å².